The van der Waals surface area contributed by atoms with Crippen LogP contribution in [0.5, 0.6) is 0 Å². The van der Waals surface area contributed by atoms with Gasteiger partial charge in [0, 0.05) is 23.5 Å². The van der Waals surface area contributed by atoms with Crippen LogP contribution in [-0.2, 0) is 4.79 Å². The van der Waals surface area contributed by atoms with Crippen molar-refractivity contribution in [3.05, 3.63) is 28.5 Å². The molecule has 1 atom stereocenters. The molecule has 3 aliphatic heterocycles. The molecule has 96 valence electrons. The molecule has 0 aromatic carbocycles. The van der Waals surface area contributed by atoms with Crippen LogP contribution in [0, 0.1) is 5.92 Å². The zero-order valence-electron chi connectivity index (χ0n) is 10.3. The highest BCUT2D eigenvalue weighted by atomic mass is 32.1. The van der Waals surface area contributed by atoms with E-state index in [9.17, 15) is 4.79 Å². The SMILES string of the molecule is O=C(/C=C/c1cccs1)NC1CN2CCC1CC2. The molecule has 1 aromatic heterocycles. The topological polar surface area (TPSA) is 32.3 Å². The molecule has 1 aromatic rings. The number of hydrogen-bond donors (Lipinski definition) is 1. The van der Waals surface area contributed by atoms with E-state index < -0.39 is 0 Å². The Morgan fingerprint density at radius 3 is 2.89 bits per heavy atom. The lowest BCUT2D eigenvalue weighted by molar-refractivity contribution is -0.118. The van der Waals surface area contributed by atoms with Gasteiger partial charge in [0.1, 0.15) is 0 Å². The third kappa shape index (κ3) is 2.65. The minimum Gasteiger partial charge on any atom is -0.348 e. The normalized spacial score (nSPS) is 30.8. The van der Waals surface area contributed by atoms with Crippen LogP contribution < -0.4 is 5.32 Å². The van der Waals surface area contributed by atoms with Crippen LogP contribution in [0.25, 0.3) is 6.08 Å². The molecule has 1 N–H and O–H groups in total. The van der Waals surface area contributed by atoms with Crippen molar-refractivity contribution >= 4 is 23.3 Å². The summed E-state index contributed by atoms with van der Waals surface area (Å²) in [6.07, 6.45) is 6.02. The Morgan fingerprint density at radius 1 is 1.44 bits per heavy atom. The number of carbonyl (C=O) groups excluding carboxylic acids is 1. The molecular formula is C14H18N2OS. The van der Waals surface area contributed by atoms with E-state index in [4.69, 9.17) is 0 Å². The Hall–Kier alpha value is -1.13. The van der Waals surface area contributed by atoms with Gasteiger partial charge in [-0.05, 0) is 49.4 Å². The summed E-state index contributed by atoms with van der Waals surface area (Å²) in [7, 11) is 0. The van der Waals surface area contributed by atoms with Crippen LogP contribution in [0.2, 0.25) is 0 Å². The molecule has 3 saturated heterocycles. The average Bonchev–Trinajstić information content (AvgIpc) is 2.91. The van der Waals surface area contributed by atoms with Gasteiger partial charge < -0.3 is 10.2 Å². The summed E-state index contributed by atoms with van der Waals surface area (Å²) in [5, 5.41) is 5.17. The second-order valence-corrected chi connectivity index (χ2v) is 6.08. The van der Waals surface area contributed by atoms with Crippen molar-refractivity contribution in [3.8, 4) is 0 Å². The second-order valence-electron chi connectivity index (χ2n) is 5.10. The Morgan fingerprint density at radius 2 is 2.28 bits per heavy atom. The molecule has 3 nitrogen and oxygen atoms in total. The van der Waals surface area contributed by atoms with E-state index in [-0.39, 0.29) is 5.91 Å². The standard InChI is InChI=1S/C14H18N2OS/c17-14(4-3-12-2-1-9-18-12)15-13-10-16-7-5-11(13)6-8-16/h1-4,9,11,13H,5-8,10H2,(H,15,17)/b4-3+. The number of fused-ring (bicyclic) bond motifs is 3. The predicted molar refractivity (Wildman–Crippen MR) is 74.4 cm³/mol. The predicted octanol–water partition coefficient (Wildman–Crippen LogP) is 1.97. The van der Waals surface area contributed by atoms with Gasteiger partial charge in [-0.3, -0.25) is 4.79 Å². The van der Waals surface area contributed by atoms with Crippen molar-refractivity contribution in [2.24, 2.45) is 5.92 Å². The Bertz CT molecular complexity index is 433. The highest BCUT2D eigenvalue weighted by Gasteiger charge is 2.34. The fourth-order valence-corrected chi connectivity index (χ4v) is 3.52. The van der Waals surface area contributed by atoms with Crippen molar-refractivity contribution in [1.29, 1.82) is 0 Å². The first-order chi connectivity index (χ1) is 8.81. The van der Waals surface area contributed by atoms with Crippen LogP contribution in [0.4, 0.5) is 0 Å². The van der Waals surface area contributed by atoms with Gasteiger partial charge >= 0.3 is 0 Å². The smallest absolute Gasteiger partial charge is 0.244 e. The molecule has 4 heteroatoms. The molecule has 0 saturated carbocycles. The monoisotopic (exact) mass is 262 g/mol. The van der Waals surface area contributed by atoms with E-state index in [0.29, 0.717) is 12.0 Å². The second kappa shape index (κ2) is 5.24. The number of piperidine rings is 3. The Kier molecular flexibility index (Phi) is 3.48. The maximum absolute atomic E-state index is 11.9. The summed E-state index contributed by atoms with van der Waals surface area (Å²) in [4.78, 5) is 15.4. The molecule has 2 bridgehead atoms. The van der Waals surface area contributed by atoms with E-state index in [1.165, 1.54) is 25.9 Å². The summed E-state index contributed by atoms with van der Waals surface area (Å²) >= 11 is 1.65. The molecule has 4 heterocycles. The number of hydrogen-bond acceptors (Lipinski definition) is 3. The Balaban J connectivity index is 1.55. The van der Waals surface area contributed by atoms with Crippen LogP contribution in [0.3, 0.4) is 0 Å². The fourth-order valence-electron chi connectivity index (χ4n) is 2.90. The minimum absolute atomic E-state index is 0.0437. The summed E-state index contributed by atoms with van der Waals surface area (Å²) in [5.74, 6) is 0.733. The zero-order chi connectivity index (χ0) is 12.4. The number of thiophene rings is 1. The summed E-state index contributed by atoms with van der Waals surface area (Å²) in [6, 6.07) is 4.37. The number of nitrogens with one attached hydrogen (secondary N) is 1. The minimum atomic E-state index is 0.0437. The summed E-state index contributed by atoms with van der Waals surface area (Å²) < 4.78 is 0. The van der Waals surface area contributed by atoms with Crippen molar-refractivity contribution in [1.82, 2.24) is 10.2 Å². The molecule has 3 fully saturated rings. The van der Waals surface area contributed by atoms with Gasteiger partial charge in [0.05, 0.1) is 0 Å². The summed E-state index contributed by atoms with van der Waals surface area (Å²) in [5.41, 5.74) is 0. The third-order valence-electron chi connectivity index (χ3n) is 3.93. The van der Waals surface area contributed by atoms with Gasteiger partial charge in [-0.25, -0.2) is 0 Å². The van der Waals surface area contributed by atoms with E-state index in [1.54, 1.807) is 17.4 Å². The maximum Gasteiger partial charge on any atom is 0.244 e. The van der Waals surface area contributed by atoms with E-state index in [0.717, 1.165) is 11.4 Å². The van der Waals surface area contributed by atoms with Gasteiger partial charge in [0.15, 0.2) is 0 Å². The number of amides is 1. The largest absolute Gasteiger partial charge is 0.348 e. The lowest BCUT2D eigenvalue weighted by Gasteiger charge is -2.44. The molecule has 1 unspecified atom stereocenters. The maximum atomic E-state index is 11.9. The van der Waals surface area contributed by atoms with Gasteiger partial charge in [-0.1, -0.05) is 6.07 Å². The molecule has 3 aliphatic rings. The van der Waals surface area contributed by atoms with E-state index >= 15 is 0 Å². The lowest BCUT2D eigenvalue weighted by Crippen LogP contribution is -2.57. The quantitative estimate of drug-likeness (QED) is 0.845. The van der Waals surface area contributed by atoms with Crippen LogP contribution >= 0.6 is 11.3 Å². The first-order valence-electron chi connectivity index (χ1n) is 6.56. The lowest BCUT2D eigenvalue weighted by atomic mass is 9.84. The first kappa shape index (κ1) is 11.9. The fraction of sp³-hybridized carbons (Fsp3) is 0.500. The Labute approximate surface area is 111 Å². The number of rotatable bonds is 3. The zero-order valence-corrected chi connectivity index (χ0v) is 11.2. The molecule has 0 radical (unpaired) electrons. The van der Waals surface area contributed by atoms with E-state index in [2.05, 4.69) is 10.2 Å². The molecule has 18 heavy (non-hydrogen) atoms. The van der Waals surface area contributed by atoms with Gasteiger partial charge in [0.2, 0.25) is 5.91 Å². The molecule has 0 spiro atoms. The highest BCUT2D eigenvalue weighted by molar-refractivity contribution is 7.10. The van der Waals surface area contributed by atoms with E-state index in [1.807, 2.05) is 23.6 Å². The molecule has 1 amide bonds. The number of carbonyl (C=O) groups is 1. The van der Waals surface area contributed by atoms with Gasteiger partial charge in [-0.15, -0.1) is 11.3 Å². The van der Waals surface area contributed by atoms with Crippen LogP contribution in [-0.4, -0.2) is 36.5 Å². The van der Waals surface area contributed by atoms with Crippen molar-refractivity contribution in [3.63, 3.8) is 0 Å². The van der Waals surface area contributed by atoms with Crippen LogP contribution in [0.1, 0.15) is 17.7 Å². The number of nitrogens with zero attached hydrogens (tertiary/aromatic N) is 1. The van der Waals surface area contributed by atoms with Crippen molar-refractivity contribution < 1.29 is 4.79 Å². The van der Waals surface area contributed by atoms with Gasteiger partial charge in [-0.2, -0.15) is 0 Å². The third-order valence-corrected chi connectivity index (χ3v) is 4.76. The highest BCUT2D eigenvalue weighted by Crippen LogP contribution is 2.27. The van der Waals surface area contributed by atoms with Crippen molar-refractivity contribution in [2.75, 3.05) is 19.6 Å². The molecule has 0 aliphatic carbocycles. The van der Waals surface area contributed by atoms with Crippen molar-refractivity contribution in [2.45, 2.75) is 18.9 Å². The summed E-state index contributed by atoms with van der Waals surface area (Å²) in [6.45, 7) is 3.45. The first-order valence-corrected chi connectivity index (χ1v) is 7.44. The molecular weight excluding hydrogens is 244 g/mol. The molecule has 4 rings (SSSR count). The average molecular weight is 262 g/mol. The van der Waals surface area contributed by atoms with Gasteiger partial charge in [0.25, 0.3) is 0 Å². The van der Waals surface area contributed by atoms with Crippen LogP contribution in [0.15, 0.2) is 23.6 Å².